The molecule has 7 nitrogen and oxygen atoms in total. The number of nitro benzene ring substituents is 1. The zero-order valence-electron chi connectivity index (χ0n) is 14.1. The minimum Gasteiger partial charge on any atom is -0.336 e. The summed E-state index contributed by atoms with van der Waals surface area (Å²) in [6.07, 6.45) is 0.960. The number of piperazine rings is 1. The van der Waals surface area contributed by atoms with E-state index in [1.807, 2.05) is 0 Å². The number of hydrogen-bond donors (Lipinski definition) is 0. The van der Waals surface area contributed by atoms with Gasteiger partial charge in [0.1, 0.15) is 0 Å². The molecule has 0 aliphatic carbocycles. The smallest absolute Gasteiger partial charge is 0.269 e. The summed E-state index contributed by atoms with van der Waals surface area (Å²) in [5, 5.41) is 13.9. The number of thiazole rings is 1. The molecule has 1 aliphatic heterocycles. The van der Waals surface area contributed by atoms with E-state index in [-0.39, 0.29) is 11.6 Å². The summed E-state index contributed by atoms with van der Waals surface area (Å²) in [6.45, 7) is 5.83. The fourth-order valence-corrected chi connectivity index (χ4v) is 3.57. The quantitative estimate of drug-likeness (QED) is 0.605. The van der Waals surface area contributed by atoms with Gasteiger partial charge in [0.05, 0.1) is 15.6 Å². The van der Waals surface area contributed by atoms with Crippen molar-refractivity contribution in [2.75, 3.05) is 26.2 Å². The molecule has 25 heavy (non-hydrogen) atoms. The number of rotatable bonds is 5. The fourth-order valence-electron chi connectivity index (χ4n) is 2.83. The number of benzene rings is 1. The van der Waals surface area contributed by atoms with E-state index < -0.39 is 4.92 Å². The van der Waals surface area contributed by atoms with Crippen LogP contribution < -0.4 is 0 Å². The number of carbonyl (C=O) groups is 1. The lowest BCUT2D eigenvalue weighted by Gasteiger charge is -2.34. The molecule has 0 radical (unpaired) electrons. The Hall–Kier alpha value is -2.32. The van der Waals surface area contributed by atoms with Crippen LogP contribution in [0.1, 0.15) is 28.0 Å². The van der Waals surface area contributed by atoms with Crippen LogP contribution in [0.5, 0.6) is 0 Å². The number of carbonyl (C=O) groups excluding carboxylic acids is 1. The highest BCUT2D eigenvalue weighted by molar-refractivity contribution is 7.09. The van der Waals surface area contributed by atoms with Gasteiger partial charge in [0.25, 0.3) is 11.6 Å². The first-order valence-corrected chi connectivity index (χ1v) is 9.14. The van der Waals surface area contributed by atoms with E-state index in [4.69, 9.17) is 0 Å². The van der Waals surface area contributed by atoms with Crippen molar-refractivity contribution in [3.05, 3.63) is 56.0 Å². The number of amides is 1. The van der Waals surface area contributed by atoms with Gasteiger partial charge in [0.2, 0.25) is 0 Å². The van der Waals surface area contributed by atoms with Gasteiger partial charge < -0.3 is 4.90 Å². The fraction of sp³-hybridized carbons (Fsp3) is 0.412. The summed E-state index contributed by atoms with van der Waals surface area (Å²) in [4.78, 5) is 31.4. The van der Waals surface area contributed by atoms with Crippen molar-refractivity contribution in [1.82, 2.24) is 14.8 Å². The predicted molar refractivity (Wildman–Crippen MR) is 95.8 cm³/mol. The lowest BCUT2D eigenvalue weighted by Crippen LogP contribution is -2.48. The molecule has 0 saturated carbocycles. The van der Waals surface area contributed by atoms with Crippen LogP contribution in [0.2, 0.25) is 0 Å². The lowest BCUT2D eigenvalue weighted by atomic mass is 10.1. The van der Waals surface area contributed by atoms with Gasteiger partial charge in [-0.15, -0.1) is 11.3 Å². The highest BCUT2D eigenvalue weighted by atomic mass is 32.1. The predicted octanol–water partition coefficient (Wildman–Crippen LogP) is 2.57. The molecular formula is C17H20N4O3S. The number of nitrogens with zero attached hydrogens (tertiary/aromatic N) is 4. The maximum Gasteiger partial charge on any atom is 0.269 e. The Morgan fingerprint density at radius 3 is 2.48 bits per heavy atom. The Morgan fingerprint density at radius 1 is 1.24 bits per heavy atom. The van der Waals surface area contributed by atoms with E-state index in [0.29, 0.717) is 18.7 Å². The zero-order chi connectivity index (χ0) is 17.8. The first-order valence-electron chi connectivity index (χ1n) is 8.26. The van der Waals surface area contributed by atoms with E-state index >= 15 is 0 Å². The number of aromatic nitrogens is 1. The van der Waals surface area contributed by atoms with E-state index in [1.54, 1.807) is 16.2 Å². The maximum absolute atomic E-state index is 12.5. The van der Waals surface area contributed by atoms with Gasteiger partial charge >= 0.3 is 0 Å². The maximum atomic E-state index is 12.5. The second kappa shape index (κ2) is 7.71. The Bertz CT molecular complexity index is 752. The highest BCUT2D eigenvalue weighted by Crippen LogP contribution is 2.16. The average Bonchev–Trinajstić information content (AvgIpc) is 3.09. The van der Waals surface area contributed by atoms with Crippen LogP contribution in [-0.4, -0.2) is 51.8 Å². The number of nitro groups is 1. The molecule has 3 rings (SSSR count). The molecule has 1 aromatic carbocycles. The first kappa shape index (κ1) is 17.5. The molecule has 1 amide bonds. The molecule has 1 fully saturated rings. The molecule has 0 spiro atoms. The molecule has 1 saturated heterocycles. The zero-order valence-corrected chi connectivity index (χ0v) is 14.9. The van der Waals surface area contributed by atoms with Crippen LogP contribution in [0, 0.1) is 10.1 Å². The van der Waals surface area contributed by atoms with Crippen molar-refractivity contribution in [2.24, 2.45) is 0 Å². The lowest BCUT2D eigenvalue weighted by molar-refractivity contribution is -0.384. The summed E-state index contributed by atoms with van der Waals surface area (Å²) >= 11 is 1.69. The number of non-ortho nitro benzene ring substituents is 1. The monoisotopic (exact) mass is 360 g/mol. The minimum absolute atomic E-state index is 0.00363. The summed E-state index contributed by atoms with van der Waals surface area (Å²) < 4.78 is 0. The largest absolute Gasteiger partial charge is 0.336 e. The second-order valence-electron chi connectivity index (χ2n) is 5.96. The van der Waals surface area contributed by atoms with Gasteiger partial charge in [-0.2, -0.15) is 0 Å². The van der Waals surface area contributed by atoms with Gasteiger partial charge in [-0.1, -0.05) is 6.92 Å². The highest BCUT2D eigenvalue weighted by Gasteiger charge is 2.23. The summed E-state index contributed by atoms with van der Waals surface area (Å²) in [7, 11) is 0. The molecule has 0 atom stereocenters. The van der Waals surface area contributed by atoms with Crippen LogP contribution in [0.4, 0.5) is 5.69 Å². The Labute approximate surface area is 150 Å². The van der Waals surface area contributed by atoms with Gasteiger partial charge in [0.15, 0.2) is 0 Å². The molecule has 2 aromatic rings. The minimum atomic E-state index is -0.463. The third-order valence-electron chi connectivity index (χ3n) is 4.27. The Balaban J connectivity index is 1.54. The molecular weight excluding hydrogens is 340 g/mol. The molecule has 0 bridgehead atoms. The molecule has 2 heterocycles. The van der Waals surface area contributed by atoms with Gasteiger partial charge in [0, 0.05) is 55.8 Å². The molecule has 1 aliphatic rings. The van der Waals surface area contributed by atoms with Crippen molar-refractivity contribution in [3.8, 4) is 0 Å². The first-order chi connectivity index (χ1) is 12.1. The molecule has 132 valence electrons. The van der Waals surface area contributed by atoms with E-state index in [0.717, 1.165) is 36.8 Å². The summed E-state index contributed by atoms with van der Waals surface area (Å²) in [5.41, 5.74) is 1.58. The van der Waals surface area contributed by atoms with Crippen LogP contribution in [0.15, 0.2) is 29.6 Å². The van der Waals surface area contributed by atoms with E-state index in [2.05, 4.69) is 22.2 Å². The number of aryl methyl sites for hydroxylation is 1. The van der Waals surface area contributed by atoms with Crippen molar-refractivity contribution in [2.45, 2.75) is 19.9 Å². The standard InChI is InChI=1S/C17H20N4O3S/c1-2-16-18-14(12-25-16)11-19-7-9-20(10-8-19)17(22)13-3-5-15(6-4-13)21(23)24/h3-6,12H,2,7-11H2,1H3. The van der Waals surface area contributed by atoms with Crippen LogP contribution >= 0.6 is 11.3 Å². The molecule has 0 N–H and O–H groups in total. The van der Waals surface area contributed by atoms with Crippen LogP contribution in [-0.2, 0) is 13.0 Å². The summed E-state index contributed by atoms with van der Waals surface area (Å²) in [5.74, 6) is -0.0727. The van der Waals surface area contributed by atoms with E-state index in [9.17, 15) is 14.9 Å². The molecule has 8 heteroatoms. The topological polar surface area (TPSA) is 79.6 Å². The third kappa shape index (κ3) is 4.21. The van der Waals surface area contributed by atoms with Gasteiger partial charge in [-0.25, -0.2) is 4.98 Å². The van der Waals surface area contributed by atoms with Crippen molar-refractivity contribution in [3.63, 3.8) is 0 Å². The molecule has 0 unspecified atom stereocenters. The second-order valence-corrected chi connectivity index (χ2v) is 6.90. The van der Waals surface area contributed by atoms with Gasteiger partial charge in [-0.05, 0) is 18.6 Å². The average molecular weight is 360 g/mol. The molecule has 1 aromatic heterocycles. The third-order valence-corrected chi connectivity index (χ3v) is 5.31. The van der Waals surface area contributed by atoms with Crippen molar-refractivity contribution >= 4 is 22.9 Å². The van der Waals surface area contributed by atoms with Crippen LogP contribution in [0.25, 0.3) is 0 Å². The van der Waals surface area contributed by atoms with Crippen molar-refractivity contribution in [1.29, 1.82) is 0 Å². The normalized spacial score (nSPS) is 15.3. The summed E-state index contributed by atoms with van der Waals surface area (Å²) in [6, 6.07) is 5.79. The van der Waals surface area contributed by atoms with E-state index in [1.165, 1.54) is 24.3 Å². The van der Waals surface area contributed by atoms with Crippen LogP contribution in [0.3, 0.4) is 0 Å². The van der Waals surface area contributed by atoms with Crippen molar-refractivity contribution < 1.29 is 9.72 Å². The Kier molecular flexibility index (Phi) is 5.40. The van der Waals surface area contributed by atoms with Gasteiger partial charge in [-0.3, -0.25) is 19.8 Å². The number of hydrogen-bond acceptors (Lipinski definition) is 6. The Morgan fingerprint density at radius 2 is 1.92 bits per heavy atom. The SMILES string of the molecule is CCc1nc(CN2CCN(C(=O)c3ccc([N+](=O)[O-])cc3)CC2)cs1.